The van der Waals surface area contributed by atoms with Crippen LogP contribution in [0, 0.1) is 5.92 Å². The molecule has 0 saturated heterocycles. The topological polar surface area (TPSA) is 88.5 Å². The summed E-state index contributed by atoms with van der Waals surface area (Å²) in [5.41, 5.74) is 1.75. The molecule has 1 amide bonds. The summed E-state index contributed by atoms with van der Waals surface area (Å²) in [5.74, 6) is -0.232. The Morgan fingerprint density at radius 1 is 1.22 bits per heavy atom. The molecule has 0 aliphatic heterocycles. The third kappa shape index (κ3) is 5.29. The van der Waals surface area contributed by atoms with Crippen molar-refractivity contribution >= 4 is 23.2 Å². The molecule has 2 N–H and O–H groups in total. The Balaban J connectivity index is 1.51. The van der Waals surface area contributed by atoms with Gasteiger partial charge in [0.2, 0.25) is 5.91 Å². The molecule has 1 aromatic heterocycles. The second-order valence-corrected chi connectivity index (χ2v) is 7.59. The SMILES string of the molecule is CCOc1ccc(-c2nc(CC(=O)NC3CCC(C(=O)O)CC3)cs2)cc1. The monoisotopic (exact) mass is 388 g/mol. The number of carboxylic acid groups (broad SMARTS) is 1. The van der Waals surface area contributed by atoms with E-state index in [1.54, 1.807) is 0 Å². The number of amides is 1. The van der Waals surface area contributed by atoms with E-state index >= 15 is 0 Å². The van der Waals surface area contributed by atoms with Crippen molar-refractivity contribution in [3.05, 3.63) is 35.3 Å². The zero-order valence-corrected chi connectivity index (χ0v) is 16.1. The standard InChI is InChI=1S/C20H24N2O4S/c1-2-26-17-9-5-13(6-10-17)19-22-16(12-27-19)11-18(23)21-15-7-3-14(4-8-15)20(24)25/h5-6,9-10,12,14-15H,2-4,7-8,11H2,1H3,(H,21,23)(H,24,25). The van der Waals surface area contributed by atoms with E-state index in [2.05, 4.69) is 10.3 Å². The first-order valence-corrected chi connectivity index (χ1v) is 10.1. The number of hydrogen-bond donors (Lipinski definition) is 2. The van der Waals surface area contributed by atoms with Gasteiger partial charge in [-0.15, -0.1) is 11.3 Å². The summed E-state index contributed by atoms with van der Waals surface area (Å²) in [7, 11) is 0. The fourth-order valence-electron chi connectivity index (χ4n) is 3.31. The van der Waals surface area contributed by atoms with E-state index in [4.69, 9.17) is 9.84 Å². The molecule has 1 aliphatic carbocycles. The van der Waals surface area contributed by atoms with Gasteiger partial charge in [0.05, 0.1) is 24.6 Å². The minimum absolute atomic E-state index is 0.0580. The van der Waals surface area contributed by atoms with E-state index in [9.17, 15) is 9.59 Å². The highest BCUT2D eigenvalue weighted by atomic mass is 32.1. The summed E-state index contributed by atoms with van der Waals surface area (Å²) in [5, 5.41) is 14.8. The highest BCUT2D eigenvalue weighted by Crippen LogP contribution is 2.27. The molecule has 0 atom stereocenters. The number of thiazole rings is 1. The minimum atomic E-state index is -0.732. The van der Waals surface area contributed by atoms with Gasteiger partial charge < -0.3 is 15.2 Å². The van der Waals surface area contributed by atoms with Crippen molar-refractivity contribution in [2.45, 2.75) is 45.1 Å². The summed E-state index contributed by atoms with van der Waals surface area (Å²) >= 11 is 1.52. The number of rotatable bonds is 7. The van der Waals surface area contributed by atoms with E-state index < -0.39 is 5.97 Å². The molecule has 0 bridgehead atoms. The van der Waals surface area contributed by atoms with Crippen LogP contribution in [-0.2, 0) is 16.0 Å². The Kier molecular flexibility index (Phi) is 6.45. The first-order chi connectivity index (χ1) is 13.0. The van der Waals surface area contributed by atoms with Gasteiger partial charge in [-0.25, -0.2) is 4.98 Å². The minimum Gasteiger partial charge on any atom is -0.494 e. The summed E-state index contributed by atoms with van der Waals surface area (Å²) in [6, 6.07) is 7.83. The van der Waals surface area contributed by atoms with Crippen LogP contribution in [0.15, 0.2) is 29.6 Å². The first kappa shape index (κ1) is 19.4. The van der Waals surface area contributed by atoms with Crippen molar-refractivity contribution in [2.24, 2.45) is 5.92 Å². The number of benzene rings is 1. The zero-order valence-electron chi connectivity index (χ0n) is 15.3. The molecule has 6 nitrogen and oxygen atoms in total. The van der Waals surface area contributed by atoms with Gasteiger partial charge in [-0.1, -0.05) is 0 Å². The van der Waals surface area contributed by atoms with Crippen LogP contribution in [0.25, 0.3) is 10.6 Å². The lowest BCUT2D eigenvalue weighted by atomic mass is 9.86. The predicted octanol–water partition coefficient (Wildman–Crippen LogP) is 3.51. The number of carbonyl (C=O) groups excluding carboxylic acids is 1. The quantitative estimate of drug-likeness (QED) is 0.758. The lowest BCUT2D eigenvalue weighted by molar-refractivity contribution is -0.142. The smallest absolute Gasteiger partial charge is 0.306 e. The predicted molar refractivity (Wildman–Crippen MR) is 104 cm³/mol. The fraction of sp³-hybridized carbons (Fsp3) is 0.450. The van der Waals surface area contributed by atoms with Crippen molar-refractivity contribution in [2.75, 3.05) is 6.61 Å². The van der Waals surface area contributed by atoms with Crippen molar-refractivity contribution in [3.63, 3.8) is 0 Å². The molecule has 3 rings (SSSR count). The lowest BCUT2D eigenvalue weighted by Gasteiger charge is -2.26. The number of carboxylic acids is 1. The molecule has 27 heavy (non-hydrogen) atoms. The third-order valence-electron chi connectivity index (χ3n) is 4.75. The summed E-state index contributed by atoms with van der Waals surface area (Å²) in [4.78, 5) is 27.8. The van der Waals surface area contributed by atoms with Crippen LogP contribution in [0.4, 0.5) is 0 Å². The Morgan fingerprint density at radius 2 is 1.93 bits per heavy atom. The summed E-state index contributed by atoms with van der Waals surface area (Å²) in [6.45, 7) is 2.58. The maximum Gasteiger partial charge on any atom is 0.306 e. The molecule has 0 radical (unpaired) electrons. The van der Waals surface area contributed by atoms with Crippen LogP contribution < -0.4 is 10.1 Å². The summed E-state index contributed by atoms with van der Waals surface area (Å²) in [6.07, 6.45) is 2.93. The molecule has 1 aliphatic rings. The molecular weight excluding hydrogens is 364 g/mol. The molecule has 1 fully saturated rings. The second kappa shape index (κ2) is 8.99. The highest BCUT2D eigenvalue weighted by molar-refractivity contribution is 7.13. The normalized spacial score (nSPS) is 19.4. The molecule has 7 heteroatoms. The maximum atomic E-state index is 12.3. The van der Waals surface area contributed by atoms with Crippen LogP contribution in [0.2, 0.25) is 0 Å². The lowest BCUT2D eigenvalue weighted by Crippen LogP contribution is -2.39. The van der Waals surface area contributed by atoms with Crippen molar-refractivity contribution in [1.82, 2.24) is 10.3 Å². The summed E-state index contributed by atoms with van der Waals surface area (Å²) < 4.78 is 5.44. The molecule has 1 saturated carbocycles. The van der Waals surface area contributed by atoms with Gasteiger partial charge in [-0.2, -0.15) is 0 Å². The van der Waals surface area contributed by atoms with Crippen LogP contribution >= 0.6 is 11.3 Å². The van der Waals surface area contributed by atoms with E-state index in [0.29, 0.717) is 19.4 Å². The molecule has 1 aromatic carbocycles. The van der Waals surface area contributed by atoms with E-state index in [0.717, 1.165) is 34.9 Å². The van der Waals surface area contributed by atoms with Crippen molar-refractivity contribution in [1.29, 1.82) is 0 Å². The van der Waals surface area contributed by atoms with Gasteiger partial charge in [0.15, 0.2) is 0 Å². The Morgan fingerprint density at radius 3 is 2.56 bits per heavy atom. The van der Waals surface area contributed by atoms with Gasteiger partial charge in [0.25, 0.3) is 0 Å². The van der Waals surface area contributed by atoms with Crippen LogP contribution in [0.3, 0.4) is 0 Å². The number of carbonyl (C=O) groups is 2. The number of hydrogen-bond acceptors (Lipinski definition) is 5. The van der Waals surface area contributed by atoms with Gasteiger partial charge in [0, 0.05) is 17.0 Å². The van der Waals surface area contributed by atoms with Crippen molar-refractivity contribution < 1.29 is 19.4 Å². The molecule has 0 unspecified atom stereocenters. The van der Waals surface area contributed by atoms with Gasteiger partial charge in [-0.3, -0.25) is 9.59 Å². The number of aliphatic carboxylic acids is 1. The average molecular weight is 388 g/mol. The number of nitrogens with zero attached hydrogens (tertiary/aromatic N) is 1. The average Bonchev–Trinajstić information content (AvgIpc) is 3.11. The largest absolute Gasteiger partial charge is 0.494 e. The Labute approximate surface area is 162 Å². The zero-order chi connectivity index (χ0) is 19.2. The highest BCUT2D eigenvalue weighted by Gasteiger charge is 2.26. The fourth-order valence-corrected chi connectivity index (χ4v) is 4.13. The van der Waals surface area contributed by atoms with E-state index in [1.165, 1.54) is 11.3 Å². The Bertz CT molecular complexity index is 780. The van der Waals surface area contributed by atoms with Crippen LogP contribution in [0.1, 0.15) is 38.3 Å². The number of aromatic nitrogens is 1. The first-order valence-electron chi connectivity index (χ1n) is 9.25. The number of ether oxygens (including phenoxy) is 1. The van der Waals surface area contributed by atoms with Gasteiger partial charge >= 0.3 is 5.97 Å². The Hall–Kier alpha value is -2.41. The maximum absolute atomic E-state index is 12.3. The molecule has 2 aromatic rings. The van der Waals surface area contributed by atoms with E-state index in [-0.39, 0.29) is 24.3 Å². The molecule has 0 spiro atoms. The molecular formula is C20H24N2O4S. The van der Waals surface area contributed by atoms with Crippen molar-refractivity contribution in [3.8, 4) is 16.3 Å². The molecule has 1 heterocycles. The number of nitrogens with one attached hydrogen (secondary N) is 1. The second-order valence-electron chi connectivity index (χ2n) is 6.73. The third-order valence-corrected chi connectivity index (χ3v) is 5.69. The van der Waals surface area contributed by atoms with E-state index in [1.807, 2.05) is 36.6 Å². The van der Waals surface area contributed by atoms with Gasteiger partial charge in [-0.05, 0) is 56.9 Å². The van der Waals surface area contributed by atoms with Gasteiger partial charge in [0.1, 0.15) is 10.8 Å². The molecule has 144 valence electrons. The van der Waals surface area contributed by atoms with Crippen LogP contribution in [0.5, 0.6) is 5.75 Å². The van der Waals surface area contributed by atoms with Crippen LogP contribution in [-0.4, -0.2) is 34.6 Å².